The summed E-state index contributed by atoms with van der Waals surface area (Å²) in [5, 5.41) is 35.0. The molecule has 0 radical (unpaired) electrons. The highest BCUT2D eigenvalue weighted by molar-refractivity contribution is 7.89. The van der Waals surface area contributed by atoms with E-state index in [1.54, 1.807) is 36.4 Å². The second-order valence-electron chi connectivity index (χ2n) is 10.9. The first kappa shape index (κ1) is 33.3. The number of sulfonamides is 1. The minimum absolute atomic E-state index is 0.000682. The maximum Gasteiger partial charge on any atom is 0.404 e. The molecule has 0 saturated heterocycles. The zero-order chi connectivity index (χ0) is 32.4. The van der Waals surface area contributed by atoms with Crippen molar-refractivity contribution in [3.63, 3.8) is 0 Å². The van der Waals surface area contributed by atoms with Gasteiger partial charge < -0.3 is 35.1 Å². The van der Waals surface area contributed by atoms with Gasteiger partial charge in [0.25, 0.3) is 0 Å². The molecular weight excluding hydrogens is 602 g/mol. The number of nitrogens with one attached hydrogen (secondary N) is 2. The van der Waals surface area contributed by atoms with Crippen molar-refractivity contribution in [3.8, 4) is 23.3 Å². The van der Waals surface area contributed by atoms with Gasteiger partial charge in [0.2, 0.25) is 16.8 Å². The maximum absolute atomic E-state index is 13.6. The minimum atomic E-state index is -4.06. The fourth-order valence-electron chi connectivity index (χ4n) is 4.66. The summed E-state index contributed by atoms with van der Waals surface area (Å²) >= 11 is 0. The third-order valence-corrected chi connectivity index (χ3v) is 8.71. The van der Waals surface area contributed by atoms with Crippen molar-refractivity contribution in [3.05, 3.63) is 71.9 Å². The molecule has 1 aliphatic heterocycles. The molecule has 13 nitrogen and oxygen atoms in total. The van der Waals surface area contributed by atoms with Crippen molar-refractivity contribution < 1.29 is 37.6 Å². The molecule has 45 heavy (non-hydrogen) atoms. The quantitative estimate of drug-likeness (QED) is 0.168. The van der Waals surface area contributed by atoms with Crippen molar-refractivity contribution in [2.24, 2.45) is 5.92 Å². The largest absolute Gasteiger partial charge is 0.494 e. The number of anilines is 1. The lowest BCUT2D eigenvalue weighted by molar-refractivity contribution is 0.0980. The summed E-state index contributed by atoms with van der Waals surface area (Å²) < 4.78 is 44.8. The summed E-state index contributed by atoms with van der Waals surface area (Å²) in [5.74, 6) is 1.99. The van der Waals surface area contributed by atoms with Crippen molar-refractivity contribution in [2.75, 3.05) is 38.4 Å². The number of carbonyl (C=O) groups is 1. The van der Waals surface area contributed by atoms with Gasteiger partial charge in [0.1, 0.15) is 17.6 Å². The number of hydrogen-bond donors (Lipinski definition) is 4. The van der Waals surface area contributed by atoms with Gasteiger partial charge in [-0.15, -0.1) is 0 Å². The summed E-state index contributed by atoms with van der Waals surface area (Å²) in [6, 6.07) is 15.8. The van der Waals surface area contributed by atoms with Gasteiger partial charge in [0.05, 0.1) is 29.2 Å². The number of nitrogens with zero attached hydrogens (tertiary/aromatic N) is 3. The Morgan fingerprint density at radius 3 is 2.53 bits per heavy atom. The van der Waals surface area contributed by atoms with Crippen LogP contribution >= 0.6 is 0 Å². The predicted molar refractivity (Wildman–Crippen MR) is 165 cm³/mol. The SMILES string of the molecule is CC(C)CN(C[C@H](O)[C@H](Cc1ccc(OCCCNc2ccc(C#N)cn2)cc1)NC(=O)O)S(=O)(=O)c1ccc2c(c1)OCO2. The molecule has 0 spiro atoms. The average molecular weight is 640 g/mol. The number of rotatable bonds is 16. The van der Waals surface area contributed by atoms with Gasteiger partial charge in [0.15, 0.2) is 11.5 Å². The third-order valence-electron chi connectivity index (χ3n) is 6.88. The summed E-state index contributed by atoms with van der Waals surface area (Å²) in [5.41, 5.74) is 1.22. The standard InChI is InChI=1S/C31H37N5O8S/c1-21(2)18-36(45(40,41)25-9-10-28-29(15-25)44-20-43-28)19-27(37)26(35-31(38)39)14-22-4-7-24(8-5-22)42-13-3-12-33-30-11-6-23(16-32)17-34-30/h4-11,15,17,21,26-27,35,37H,3,12-14,18-20H2,1-2H3,(H,33,34)(H,38,39)/t26-,27-/m0/s1. The molecule has 0 saturated carbocycles. The van der Waals surface area contributed by atoms with Crippen LogP contribution in [0.3, 0.4) is 0 Å². The monoisotopic (exact) mass is 639 g/mol. The molecule has 1 aliphatic rings. The van der Waals surface area contributed by atoms with E-state index in [0.717, 1.165) is 5.56 Å². The Kier molecular flexibility index (Phi) is 11.4. The summed E-state index contributed by atoms with van der Waals surface area (Å²) in [7, 11) is -4.06. The lowest BCUT2D eigenvalue weighted by atomic mass is 10.0. The number of carboxylic acid groups (broad SMARTS) is 1. The number of pyridine rings is 1. The molecule has 2 heterocycles. The molecule has 1 aromatic heterocycles. The Morgan fingerprint density at radius 1 is 1.11 bits per heavy atom. The van der Waals surface area contributed by atoms with Gasteiger partial charge in [-0.25, -0.2) is 18.2 Å². The van der Waals surface area contributed by atoms with Crippen LogP contribution in [-0.2, 0) is 16.4 Å². The number of aliphatic hydroxyl groups is 1. The van der Waals surface area contributed by atoms with E-state index in [1.807, 2.05) is 19.9 Å². The van der Waals surface area contributed by atoms with Crippen LogP contribution in [0, 0.1) is 17.2 Å². The highest BCUT2D eigenvalue weighted by atomic mass is 32.2. The number of fused-ring (bicyclic) bond motifs is 1. The van der Waals surface area contributed by atoms with Gasteiger partial charge >= 0.3 is 6.09 Å². The van der Waals surface area contributed by atoms with Gasteiger partial charge in [-0.3, -0.25) is 0 Å². The molecule has 2 aromatic carbocycles. The van der Waals surface area contributed by atoms with E-state index < -0.39 is 28.3 Å². The second kappa shape index (κ2) is 15.4. The first-order valence-corrected chi connectivity index (χ1v) is 15.9. The zero-order valence-electron chi connectivity index (χ0n) is 25.0. The van der Waals surface area contributed by atoms with Crippen molar-refractivity contribution in [1.82, 2.24) is 14.6 Å². The summed E-state index contributed by atoms with van der Waals surface area (Å²) in [4.78, 5) is 15.8. The van der Waals surface area contributed by atoms with E-state index in [0.29, 0.717) is 48.2 Å². The Labute approximate surface area is 262 Å². The summed E-state index contributed by atoms with van der Waals surface area (Å²) in [6.07, 6.45) is -0.367. The van der Waals surface area contributed by atoms with Crippen LogP contribution in [0.25, 0.3) is 0 Å². The van der Waals surface area contributed by atoms with Crippen molar-refractivity contribution in [2.45, 2.75) is 43.7 Å². The number of hydrogen-bond acceptors (Lipinski definition) is 10. The fourth-order valence-corrected chi connectivity index (χ4v) is 6.30. The number of aliphatic hydroxyl groups excluding tert-OH is 1. The number of benzene rings is 2. The lowest BCUT2D eigenvalue weighted by Gasteiger charge is -2.30. The first-order valence-electron chi connectivity index (χ1n) is 14.4. The minimum Gasteiger partial charge on any atom is -0.494 e. The summed E-state index contributed by atoms with van der Waals surface area (Å²) in [6.45, 7) is 4.55. The highest BCUT2D eigenvalue weighted by Gasteiger charge is 2.32. The predicted octanol–water partition coefficient (Wildman–Crippen LogP) is 3.45. The third kappa shape index (κ3) is 9.45. The smallest absolute Gasteiger partial charge is 0.404 e. The second-order valence-corrected chi connectivity index (χ2v) is 12.8. The van der Waals surface area contributed by atoms with Gasteiger partial charge in [-0.2, -0.15) is 9.57 Å². The molecule has 1 amide bonds. The Bertz CT molecular complexity index is 1580. The van der Waals surface area contributed by atoms with Crippen molar-refractivity contribution >= 4 is 21.9 Å². The van der Waals surface area contributed by atoms with E-state index in [-0.39, 0.29) is 37.1 Å². The van der Waals surface area contributed by atoms with Crippen LogP contribution in [0.5, 0.6) is 17.2 Å². The molecular formula is C31H37N5O8S. The first-order chi connectivity index (χ1) is 21.5. The molecule has 0 bridgehead atoms. The molecule has 14 heteroatoms. The molecule has 4 N–H and O–H groups in total. The van der Waals surface area contributed by atoms with Crippen LogP contribution in [-0.4, -0.2) is 79.2 Å². The number of amides is 1. The number of aromatic nitrogens is 1. The van der Waals surface area contributed by atoms with E-state index in [2.05, 4.69) is 15.6 Å². The van der Waals surface area contributed by atoms with Gasteiger partial charge in [-0.05, 0) is 60.7 Å². The molecule has 240 valence electrons. The number of nitriles is 1. The maximum atomic E-state index is 13.6. The van der Waals surface area contributed by atoms with Gasteiger partial charge in [0, 0.05) is 31.9 Å². The average Bonchev–Trinajstić information content (AvgIpc) is 3.49. The Hall–Kier alpha value is -4.58. The van der Waals surface area contributed by atoms with E-state index in [1.165, 1.54) is 28.7 Å². The van der Waals surface area contributed by atoms with Crippen molar-refractivity contribution in [1.29, 1.82) is 5.26 Å². The van der Waals surface area contributed by atoms with Crippen LogP contribution in [0.15, 0.2) is 65.7 Å². The van der Waals surface area contributed by atoms with Crippen LogP contribution in [0.4, 0.5) is 10.6 Å². The number of ether oxygens (including phenoxy) is 3. The van der Waals surface area contributed by atoms with E-state index in [4.69, 9.17) is 19.5 Å². The van der Waals surface area contributed by atoms with Crippen LogP contribution < -0.4 is 24.8 Å². The molecule has 2 atom stereocenters. The Morgan fingerprint density at radius 2 is 1.87 bits per heavy atom. The highest BCUT2D eigenvalue weighted by Crippen LogP contribution is 2.35. The molecule has 0 fully saturated rings. The fraction of sp³-hybridized carbons (Fsp3) is 0.387. The molecule has 0 aliphatic carbocycles. The lowest BCUT2D eigenvalue weighted by Crippen LogP contribution is -2.50. The normalized spacial score (nSPS) is 13.7. The van der Waals surface area contributed by atoms with Gasteiger partial charge in [-0.1, -0.05) is 26.0 Å². The molecule has 3 aromatic rings. The Balaban J connectivity index is 1.35. The van der Waals surface area contributed by atoms with Crippen LogP contribution in [0.1, 0.15) is 31.4 Å². The zero-order valence-corrected chi connectivity index (χ0v) is 25.9. The molecule has 0 unspecified atom stereocenters. The van der Waals surface area contributed by atoms with E-state index in [9.17, 15) is 23.4 Å². The topological polar surface area (TPSA) is 183 Å². The van der Waals surface area contributed by atoms with E-state index >= 15 is 0 Å². The van der Waals surface area contributed by atoms with Crippen LogP contribution in [0.2, 0.25) is 0 Å². The molecule has 4 rings (SSSR count).